The van der Waals surface area contributed by atoms with E-state index in [1.807, 2.05) is 6.92 Å². The summed E-state index contributed by atoms with van der Waals surface area (Å²) in [6.45, 7) is 4.74. The molecule has 0 N–H and O–H groups in total. The molecule has 4 saturated carbocycles. The van der Waals surface area contributed by atoms with Crippen LogP contribution in [0, 0.1) is 23.2 Å². The average Bonchev–Trinajstić information content (AvgIpc) is 2.66. The predicted octanol–water partition coefficient (Wildman–Crippen LogP) is 6.21. The van der Waals surface area contributed by atoms with Gasteiger partial charge in [-0.15, -0.1) is 0 Å². The molecule has 0 spiro atoms. The van der Waals surface area contributed by atoms with Crippen LogP contribution in [0.1, 0.15) is 110 Å². The van der Waals surface area contributed by atoms with E-state index in [-0.39, 0.29) is 36.3 Å². The van der Waals surface area contributed by atoms with Gasteiger partial charge in [0.2, 0.25) is 0 Å². The molecular formula is C25H42O4. The fourth-order valence-electron chi connectivity index (χ4n) is 6.53. The number of carbonyl (C=O) groups is 2. The first-order chi connectivity index (χ1) is 14.0. The Bertz CT molecular complexity index is 506. The predicted molar refractivity (Wildman–Crippen MR) is 114 cm³/mol. The molecule has 4 nitrogen and oxygen atoms in total. The third kappa shape index (κ3) is 7.00. The van der Waals surface area contributed by atoms with E-state index in [1.54, 1.807) is 0 Å². The Hall–Kier alpha value is -1.06. The molecule has 0 saturated heterocycles. The summed E-state index contributed by atoms with van der Waals surface area (Å²) in [4.78, 5) is 24.2. The average molecular weight is 407 g/mol. The highest BCUT2D eigenvalue weighted by atomic mass is 16.5. The summed E-state index contributed by atoms with van der Waals surface area (Å²) in [6.07, 6.45) is 16.5. The maximum absolute atomic E-state index is 12.2. The van der Waals surface area contributed by atoms with Crippen LogP contribution in [-0.2, 0) is 19.1 Å². The number of esters is 2. The highest BCUT2D eigenvalue weighted by Crippen LogP contribution is 2.60. The first-order valence-corrected chi connectivity index (χ1v) is 12.3. The van der Waals surface area contributed by atoms with Gasteiger partial charge in [-0.3, -0.25) is 9.59 Å². The van der Waals surface area contributed by atoms with Gasteiger partial charge in [-0.1, -0.05) is 39.0 Å². The van der Waals surface area contributed by atoms with Crippen molar-refractivity contribution in [1.29, 1.82) is 0 Å². The van der Waals surface area contributed by atoms with Crippen LogP contribution in [0.4, 0.5) is 0 Å². The van der Waals surface area contributed by atoms with Crippen molar-refractivity contribution in [3.8, 4) is 0 Å². The molecule has 4 bridgehead atoms. The summed E-state index contributed by atoms with van der Waals surface area (Å²) in [5.74, 6) is 2.09. The summed E-state index contributed by atoms with van der Waals surface area (Å²) in [6, 6.07) is 0. The molecule has 0 amide bonds. The Morgan fingerprint density at radius 2 is 1.41 bits per heavy atom. The van der Waals surface area contributed by atoms with Crippen molar-refractivity contribution in [3.05, 3.63) is 0 Å². The van der Waals surface area contributed by atoms with Crippen LogP contribution < -0.4 is 0 Å². The van der Waals surface area contributed by atoms with Gasteiger partial charge in [0.05, 0.1) is 25.6 Å². The number of ether oxygens (including phenoxy) is 2. The minimum atomic E-state index is -0.268. The number of carbonyl (C=O) groups excluding carboxylic acids is 2. The van der Waals surface area contributed by atoms with Gasteiger partial charge in [0, 0.05) is 5.41 Å². The first kappa shape index (κ1) is 22.6. The van der Waals surface area contributed by atoms with Crippen LogP contribution >= 0.6 is 0 Å². The number of hydrogen-bond acceptors (Lipinski definition) is 4. The molecule has 4 fully saturated rings. The molecule has 166 valence electrons. The molecule has 0 aliphatic heterocycles. The minimum absolute atomic E-state index is 0.0586. The maximum atomic E-state index is 12.2. The minimum Gasteiger partial charge on any atom is -0.465 e. The van der Waals surface area contributed by atoms with E-state index in [1.165, 1.54) is 70.6 Å². The zero-order chi connectivity index (χ0) is 20.7. The molecule has 4 aliphatic carbocycles. The lowest BCUT2D eigenvalue weighted by atomic mass is 9.50. The van der Waals surface area contributed by atoms with E-state index in [0.29, 0.717) is 6.61 Å². The Morgan fingerprint density at radius 1 is 0.862 bits per heavy atom. The number of hydrogen-bond donors (Lipinski definition) is 0. The van der Waals surface area contributed by atoms with Crippen LogP contribution in [0.25, 0.3) is 0 Å². The van der Waals surface area contributed by atoms with E-state index in [2.05, 4.69) is 6.92 Å². The van der Waals surface area contributed by atoms with Gasteiger partial charge >= 0.3 is 11.9 Å². The van der Waals surface area contributed by atoms with Crippen LogP contribution in [0.2, 0.25) is 0 Å². The second-order valence-electron chi connectivity index (χ2n) is 10.4. The molecule has 1 unspecified atom stereocenters. The second kappa shape index (κ2) is 10.8. The van der Waals surface area contributed by atoms with Crippen molar-refractivity contribution in [1.82, 2.24) is 0 Å². The van der Waals surface area contributed by atoms with Gasteiger partial charge < -0.3 is 9.47 Å². The fourth-order valence-corrected chi connectivity index (χ4v) is 6.53. The van der Waals surface area contributed by atoms with Gasteiger partial charge in [0.15, 0.2) is 0 Å². The van der Waals surface area contributed by atoms with Crippen LogP contribution in [0.3, 0.4) is 0 Å². The molecule has 4 heteroatoms. The smallest absolute Gasteiger partial charge is 0.306 e. The summed E-state index contributed by atoms with van der Waals surface area (Å²) in [5, 5.41) is 0. The Kier molecular flexibility index (Phi) is 8.44. The van der Waals surface area contributed by atoms with E-state index in [4.69, 9.17) is 9.47 Å². The monoisotopic (exact) mass is 406 g/mol. The van der Waals surface area contributed by atoms with Crippen molar-refractivity contribution < 1.29 is 19.1 Å². The molecule has 4 aliphatic rings. The molecule has 29 heavy (non-hydrogen) atoms. The van der Waals surface area contributed by atoms with Crippen molar-refractivity contribution >= 4 is 11.9 Å². The Labute approximate surface area is 177 Å². The summed E-state index contributed by atoms with van der Waals surface area (Å²) in [7, 11) is 0. The molecule has 0 aromatic carbocycles. The zero-order valence-corrected chi connectivity index (χ0v) is 18.8. The maximum Gasteiger partial charge on any atom is 0.306 e. The standard InChI is InChI=1S/C25H42O4/c1-3-4-5-6-7-8-9-19(2)29-24(27)11-10-23(26)28-18-25-15-20-12-21(16-25)14-22(13-20)17-25/h19-22H,3-18H2,1-2H3. The lowest BCUT2D eigenvalue weighted by Crippen LogP contribution is -2.48. The first-order valence-electron chi connectivity index (χ1n) is 12.3. The molecule has 4 rings (SSSR count). The van der Waals surface area contributed by atoms with Gasteiger partial charge in [-0.05, 0) is 76.0 Å². The Morgan fingerprint density at radius 3 is 2.03 bits per heavy atom. The topological polar surface area (TPSA) is 52.6 Å². The van der Waals surface area contributed by atoms with Crippen LogP contribution in [-0.4, -0.2) is 24.6 Å². The van der Waals surface area contributed by atoms with E-state index >= 15 is 0 Å². The quantitative estimate of drug-likeness (QED) is 0.269. The summed E-state index contributed by atoms with van der Waals surface area (Å²) < 4.78 is 11.1. The molecule has 0 aromatic heterocycles. The SMILES string of the molecule is CCCCCCCCC(C)OC(=O)CCC(=O)OCC12CC3CC(CC(C3)C1)C2. The molecule has 0 heterocycles. The lowest BCUT2D eigenvalue weighted by Gasteiger charge is -2.56. The lowest BCUT2D eigenvalue weighted by molar-refractivity contribution is -0.159. The number of unbranched alkanes of at least 4 members (excludes halogenated alkanes) is 5. The van der Waals surface area contributed by atoms with Crippen molar-refractivity contribution in [3.63, 3.8) is 0 Å². The fraction of sp³-hybridized carbons (Fsp3) is 0.920. The highest BCUT2D eigenvalue weighted by Gasteiger charge is 2.51. The second-order valence-corrected chi connectivity index (χ2v) is 10.4. The molecule has 0 radical (unpaired) electrons. The van der Waals surface area contributed by atoms with Gasteiger partial charge in [0.1, 0.15) is 0 Å². The molecule has 0 aromatic rings. The molecule has 1 atom stereocenters. The highest BCUT2D eigenvalue weighted by molar-refractivity contribution is 5.77. The third-order valence-corrected chi connectivity index (χ3v) is 7.53. The van der Waals surface area contributed by atoms with Crippen molar-refractivity contribution in [2.75, 3.05) is 6.61 Å². The van der Waals surface area contributed by atoms with Gasteiger partial charge in [-0.25, -0.2) is 0 Å². The molecular weight excluding hydrogens is 364 g/mol. The van der Waals surface area contributed by atoms with E-state index in [9.17, 15) is 9.59 Å². The largest absolute Gasteiger partial charge is 0.465 e. The summed E-state index contributed by atoms with van der Waals surface area (Å²) in [5.41, 5.74) is 0.247. The van der Waals surface area contributed by atoms with Gasteiger partial charge in [0.25, 0.3) is 0 Å². The van der Waals surface area contributed by atoms with E-state index in [0.717, 1.165) is 30.6 Å². The van der Waals surface area contributed by atoms with Gasteiger partial charge in [-0.2, -0.15) is 0 Å². The van der Waals surface area contributed by atoms with Crippen LogP contribution in [0.5, 0.6) is 0 Å². The van der Waals surface area contributed by atoms with Crippen molar-refractivity contribution in [2.24, 2.45) is 23.2 Å². The zero-order valence-electron chi connectivity index (χ0n) is 18.8. The van der Waals surface area contributed by atoms with Crippen molar-refractivity contribution in [2.45, 2.75) is 116 Å². The van der Waals surface area contributed by atoms with Crippen LogP contribution in [0.15, 0.2) is 0 Å². The number of rotatable bonds is 13. The Balaban J connectivity index is 1.25. The summed E-state index contributed by atoms with van der Waals surface area (Å²) >= 11 is 0. The normalized spacial score (nSPS) is 30.9. The van der Waals surface area contributed by atoms with E-state index < -0.39 is 0 Å². The third-order valence-electron chi connectivity index (χ3n) is 7.53.